The second kappa shape index (κ2) is 8.33. The Morgan fingerprint density at radius 1 is 0.816 bits per heavy atom. The average molecular weight is 526 g/mol. The highest BCUT2D eigenvalue weighted by Crippen LogP contribution is 2.36. The van der Waals surface area contributed by atoms with Crippen molar-refractivity contribution in [3.05, 3.63) is 88.5 Å². The number of nitrogens with zero attached hydrogens (tertiary/aromatic N) is 1. The van der Waals surface area contributed by atoms with Crippen molar-refractivity contribution in [2.75, 3.05) is 17.2 Å². The largest absolute Gasteiger partial charge is 0.415 e. The van der Waals surface area contributed by atoms with Crippen molar-refractivity contribution < 1.29 is 36.3 Å². The molecule has 0 radical (unpaired) electrons. The van der Waals surface area contributed by atoms with Crippen molar-refractivity contribution in [1.29, 1.82) is 0 Å². The lowest BCUT2D eigenvalue weighted by molar-refractivity contribution is 0.0710. The molecule has 38 heavy (non-hydrogen) atoms. The van der Waals surface area contributed by atoms with Crippen molar-refractivity contribution in [1.82, 2.24) is 9.97 Å². The third-order valence-corrected chi connectivity index (χ3v) is 6.47. The minimum absolute atomic E-state index is 0.278. The number of ether oxygens (including phenoxy) is 1. The lowest BCUT2D eigenvalue weighted by Gasteiger charge is -2.16. The summed E-state index contributed by atoms with van der Waals surface area (Å²) in [5, 5.41) is 1.32. The van der Waals surface area contributed by atoms with Crippen LogP contribution in [0.3, 0.4) is 0 Å². The SMILES string of the molecule is Nc1ccc2[nH]c(C(=O)N3CCc4c3ccc3[nH]c(C(=O)Oc5c(F)c(F)c(F)c(F)c5F)cc43)cc2c1. The first-order valence-corrected chi connectivity index (χ1v) is 11.2. The molecular weight excluding hydrogens is 511 g/mol. The van der Waals surface area contributed by atoms with Crippen LogP contribution in [0.4, 0.5) is 33.3 Å². The third-order valence-electron chi connectivity index (χ3n) is 6.47. The molecule has 0 saturated heterocycles. The van der Waals surface area contributed by atoms with E-state index >= 15 is 0 Å². The van der Waals surface area contributed by atoms with Gasteiger partial charge in [0.15, 0.2) is 0 Å². The van der Waals surface area contributed by atoms with Gasteiger partial charge in [-0.3, -0.25) is 4.79 Å². The number of esters is 1. The molecule has 2 aromatic heterocycles. The number of nitrogens with one attached hydrogen (secondary N) is 2. The maximum Gasteiger partial charge on any atom is 0.360 e. The Morgan fingerprint density at radius 3 is 2.21 bits per heavy atom. The maximum absolute atomic E-state index is 14.0. The van der Waals surface area contributed by atoms with Gasteiger partial charge < -0.3 is 25.3 Å². The van der Waals surface area contributed by atoms with Gasteiger partial charge in [-0.2, -0.15) is 8.78 Å². The number of carbonyl (C=O) groups excluding carboxylic acids is 2. The van der Waals surface area contributed by atoms with E-state index in [9.17, 15) is 31.5 Å². The standard InChI is InChI=1S/C26H15F5N4O3/c27-19-20(28)22(30)24(23(31)21(19)29)38-26(37)17-9-13-12-5-6-35(18(12)4-3-15(13)34-17)25(36)16-8-10-7-11(32)1-2-14(10)33-16/h1-4,7-9,33-34H,5-6,32H2. The number of nitrogens with two attached hydrogens (primary N) is 1. The van der Waals surface area contributed by atoms with Gasteiger partial charge in [0.25, 0.3) is 5.91 Å². The number of benzene rings is 3. The van der Waals surface area contributed by atoms with Crippen LogP contribution in [0.2, 0.25) is 0 Å². The summed E-state index contributed by atoms with van der Waals surface area (Å²) in [6.07, 6.45) is 0.440. The number of halogens is 5. The molecule has 0 saturated carbocycles. The van der Waals surface area contributed by atoms with Crippen LogP contribution in [0.25, 0.3) is 21.8 Å². The molecule has 192 valence electrons. The fourth-order valence-electron chi connectivity index (χ4n) is 4.67. The molecule has 0 unspecified atom stereocenters. The molecule has 6 rings (SSSR count). The number of aromatic nitrogens is 2. The molecule has 0 bridgehead atoms. The number of anilines is 2. The first-order chi connectivity index (χ1) is 18.1. The topological polar surface area (TPSA) is 104 Å². The molecular formula is C26H15F5N4O3. The van der Waals surface area contributed by atoms with E-state index in [-0.39, 0.29) is 11.6 Å². The highest BCUT2D eigenvalue weighted by atomic mass is 19.2. The zero-order chi connectivity index (χ0) is 26.9. The number of fused-ring (bicyclic) bond motifs is 4. The number of carbonyl (C=O) groups is 2. The fraction of sp³-hybridized carbons (Fsp3) is 0.0769. The Balaban J connectivity index is 1.31. The molecule has 0 aliphatic carbocycles. The predicted octanol–water partition coefficient (Wildman–Crippen LogP) is 5.35. The Bertz CT molecular complexity index is 1800. The van der Waals surface area contributed by atoms with E-state index in [0.717, 1.165) is 16.5 Å². The van der Waals surface area contributed by atoms with E-state index in [1.165, 1.54) is 6.07 Å². The Labute approximate surface area is 209 Å². The van der Waals surface area contributed by atoms with Gasteiger partial charge in [0.05, 0.1) is 0 Å². The normalized spacial score (nSPS) is 12.9. The summed E-state index contributed by atoms with van der Waals surface area (Å²) in [7, 11) is 0. The zero-order valence-corrected chi connectivity index (χ0v) is 19.1. The number of aromatic amines is 2. The summed E-state index contributed by atoms with van der Waals surface area (Å²) in [6, 6.07) is 11.6. The van der Waals surface area contributed by atoms with Gasteiger partial charge in [0.2, 0.25) is 34.8 Å². The molecule has 5 aromatic rings. The lowest BCUT2D eigenvalue weighted by atomic mass is 10.1. The van der Waals surface area contributed by atoms with Crippen molar-refractivity contribution in [3.8, 4) is 5.75 Å². The smallest absolute Gasteiger partial charge is 0.360 e. The molecule has 4 N–H and O–H groups in total. The summed E-state index contributed by atoms with van der Waals surface area (Å²) in [4.78, 5) is 33.2. The van der Waals surface area contributed by atoms with Crippen LogP contribution in [0.15, 0.2) is 42.5 Å². The van der Waals surface area contributed by atoms with E-state index in [0.29, 0.717) is 40.9 Å². The van der Waals surface area contributed by atoms with E-state index < -0.39 is 40.8 Å². The number of hydrogen-bond acceptors (Lipinski definition) is 4. The van der Waals surface area contributed by atoms with Gasteiger partial charge in [-0.1, -0.05) is 0 Å². The number of H-pyrrole nitrogens is 2. The number of nitrogen functional groups attached to an aromatic ring is 1. The summed E-state index contributed by atoms with van der Waals surface area (Å²) < 4.78 is 72.7. The quantitative estimate of drug-likeness (QED) is 0.0737. The Morgan fingerprint density at radius 2 is 1.47 bits per heavy atom. The van der Waals surface area contributed by atoms with E-state index in [1.807, 2.05) is 0 Å². The molecule has 7 nitrogen and oxygen atoms in total. The first kappa shape index (κ1) is 23.5. The molecule has 1 aliphatic rings. The predicted molar refractivity (Wildman–Crippen MR) is 128 cm³/mol. The van der Waals surface area contributed by atoms with Crippen LogP contribution in [0.1, 0.15) is 26.5 Å². The molecule has 0 atom stereocenters. The summed E-state index contributed by atoms with van der Waals surface area (Å²) in [6.45, 7) is 0.348. The average Bonchev–Trinajstić information content (AvgIpc) is 3.63. The second-order valence-corrected chi connectivity index (χ2v) is 8.73. The van der Waals surface area contributed by atoms with Gasteiger partial charge in [-0.05, 0) is 54.4 Å². The highest BCUT2D eigenvalue weighted by Gasteiger charge is 2.31. The van der Waals surface area contributed by atoms with Gasteiger partial charge in [-0.15, -0.1) is 0 Å². The van der Waals surface area contributed by atoms with Crippen LogP contribution in [0.5, 0.6) is 5.75 Å². The van der Waals surface area contributed by atoms with E-state index in [1.54, 1.807) is 41.3 Å². The first-order valence-electron chi connectivity index (χ1n) is 11.2. The molecule has 1 aliphatic heterocycles. The van der Waals surface area contributed by atoms with Crippen molar-refractivity contribution in [2.45, 2.75) is 6.42 Å². The molecule has 12 heteroatoms. The minimum atomic E-state index is -2.36. The van der Waals surface area contributed by atoms with Crippen molar-refractivity contribution in [2.24, 2.45) is 0 Å². The fourth-order valence-corrected chi connectivity index (χ4v) is 4.67. The van der Waals surface area contributed by atoms with Crippen LogP contribution in [-0.4, -0.2) is 28.4 Å². The molecule has 0 fully saturated rings. The summed E-state index contributed by atoms with van der Waals surface area (Å²) in [5.74, 6) is -14.7. The minimum Gasteiger partial charge on any atom is -0.415 e. The monoisotopic (exact) mass is 526 g/mol. The van der Waals surface area contributed by atoms with Crippen LogP contribution in [-0.2, 0) is 6.42 Å². The molecule has 3 aromatic carbocycles. The molecule has 3 heterocycles. The number of hydrogen-bond donors (Lipinski definition) is 3. The van der Waals surface area contributed by atoms with Gasteiger partial charge in [-0.25, -0.2) is 18.0 Å². The Hall–Kier alpha value is -4.87. The van der Waals surface area contributed by atoms with Crippen LogP contribution < -0.4 is 15.4 Å². The van der Waals surface area contributed by atoms with Crippen LogP contribution in [0, 0.1) is 29.1 Å². The lowest BCUT2D eigenvalue weighted by Crippen LogP contribution is -2.29. The van der Waals surface area contributed by atoms with Crippen molar-refractivity contribution in [3.63, 3.8) is 0 Å². The summed E-state index contributed by atoms with van der Waals surface area (Å²) in [5.41, 5.74) is 8.98. The van der Waals surface area contributed by atoms with E-state index in [2.05, 4.69) is 14.7 Å². The zero-order valence-electron chi connectivity index (χ0n) is 19.1. The van der Waals surface area contributed by atoms with Gasteiger partial charge in [0, 0.05) is 39.7 Å². The molecule has 1 amide bonds. The second-order valence-electron chi connectivity index (χ2n) is 8.73. The third kappa shape index (κ3) is 3.48. The van der Waals surface area contributed by atoms with Crippen LogP contribution >= 0.6 is 0 Å². The Kier molecular flexibility index (Phi) is 5.16. The number of rotatable bonds is 3. The van der Waals surface area contributed by atoms with Gasteiger partial charge >= 0.3 is 5.97 Å². The summed E-state index contributed by atoms with van der Waals surface area (Å²) >= 11 is 0. The number of amides is 1. The highest BCUT2D eigenvalue weighted by molar-refractivity contribution is 6.10. The van der Waals surface area contributed by atoms with Gasteiger partial charge in [0.1, 0.15) is 11.4 Å². The molecule has 0 spiro atoms. The maximum atomic E-state index is 14.0. The van der Waals surface area contributed by atoms with E-state index in [4.69, 9.17) is 5.73 Å². The van der Waals surface area contributed by atoms with Crippen molar-refractivity contribution >= 4 is 45.1 Å².